The zero-order valence-corrected chi connectivity index (χ0v) is 10.0. The van der Waals surface area contributed by atoms with Crippen molar-refractivity contribution < 1.29 is 17.9 Å². The first-order valence-corrected chi connectivity index (χ1v) is 6.78. The Hall–Kier alpha value is -1.18. The molecule has 0 atom stereocenters. The maximum atomic E-state index is 12.8. The Morgan fingerprint density at radius 1 is 1.41 bits per heavy atom. The molecule has 0 heterocycles. The second kappa shape index (κ2) is 5.95. The summed E-state index contributed by atoms with van der Waals surface area (Å²) in [5, 5.41) is 17.1. The quantitative estimate of drug-likeness (QED) is 0.643. The molecule has 0 saturated carbocycles. The van der Waals surface area contributed by atoms with Gasteiger partial charge in [-0.25, -0.2) is 17.9 Å². The molecule has 0 aliphatic heterocycles. The largest absolute Gasteiger partial charge is 0.508 e. The smallest absolute Gasteiger partial charge is 0.209 e. The Morgan fingerprint density at radius 3 is 2.76 bits per heavy atom. The molecule has 0 radical (unpaired) electrons. The summed E-state index contributed by atoms with van der Waals surface area (Å²) in [4.78, 5) is 0. The second-order valence-electron chi connectivity index (χ2n) is 3.67. The molecule has 1 rings (SSSR count). The summed E-state index contributed by atoms with van der Waals surface area (Å²) in [5.74, 6) is -0.524. The zero-order chi connectivity index (χ0) is 12.9. The molecule has 4 N–H and O–H groups in total. The Bertz CT molecular complexity index is 476. The number of halogens is 1. The minimum absolute atomic E-state index is 0.00495. The molecule has 0 aromatic heterocycles. The number of nitrogens with one attached hydrogen (secondary N) is 1. The predicted molar refractivity (Wildman–Crippen MR) is 62.4 cm³/mol. The van der Waals surface area contributed by atoms with Crippen molar-refractivity contribution >= 4 is 10.0 Å². The van der Waals surface area contributed by atoms with Gasteiger partial charge in [-0.1, -0.05) is 0 Å². The molecule has 17 heavy (non-hydrogen) atoms. The number of rotatable bonds is 6. The van der Waals surface area contributed by atoms with Crippen LogP contribution in [0.3, 0.4) is 0 Å². The number of phenolic OH excluding ortho intramolecular Hbond substituents is 1. The highest BCUT2D eigenvalue weighted by molar-refractivity contribution is 7.89. The van der Waals surface area contributed by atoms with Crippen molar-refractivity contribution in [3.05, 3.63) is 29.6 Å². The fraction of sp³-hybridized carbons (Fsp3) is 0.400. The first-order chi connectivity index (χ1) is 7.88. The average molecular weight is 262 g/mol. The predicted octanol–water partition coefficient (Wildman–Crippen LogP) is 0.299. The van der Waals surface area contributed by atoms with Crippen LogP contribution in [0.2, 0.25) is 0 Å². The van der Waals surface area contributed by atoms with E-state index in [1.54, 1.807) is 0 Å². The van der Waals surface area contributed by atoms with E-state index in [0.29, 0.717) is 18.5 Å². The third kappa shape index (κ3) is 5.62. The van der Waals surface area contributed by atoms with Crippen LogP contribution in [0.1, 0.15) is 12.0 Å². The van der Waals surface area contributed by atoms with Gasteiger partial charge in [0.25, 0.3) is 0 Å². The van der Waals surface area contributed by atoms with E-state index in [1.165, 1.54) is 18.2 Å². The summed E-state index contributed by atoms with van der Waals surface area (Å²) in [7, 11) is -3.43. The van der Waals surface area contributed by atoms with Crippen LogP contribution in [0.25, 0.3) is 0 Å². The molecular formula is C10H15FN2O3S. The number of hydrogen-bond acceptors (Lipinski definition) is 4. The lowest BCUT2D eigenvalue weighted by Crippen LogP contribution is -2.22. The van der Waals surface area contributed by atoms with E-state index >= 15 is 0 Å². The summed E-state index contributed by atoms with van der Waals surface area (Å²) >= 11 is 0. The normalized spacial score (nSPS) is 11.6. The third-order valence-electron chi connectivity index (χ3n) is 2.14. The molecule has 0 unspecified atom stereocenters. The lowest BCUT2D eigenvalue weighted by molar-refractivity contribution is 0.461. The highest BCUT2D eigenvalue weighted by Gasteiger charge is 2.04. The Morgan fingerprint density at radius 2 is 2.12 bits per heavy atom. The van der Waals surface area contributed by atoms with E-state index in [1.807, 2.05) is 0 Å². The third-order valence-corrected chi connectivity index (χ3v) is 3.00. The minimum atomic E-state index is -3.43. The number of aromatic hydroxyl groups is 1. The second-order valence-corrected chi connectivity index (χ2v) is 5.40. The molecule has 0 amide bonds. The molecule has 0 spiro atoms. The zero-order valence-electron chi connectivity index (χ0n) is 9.19. The number of primary sulfonamides is 1. The molecule has 1 aromatic carbocycles. The van der Waals surface area contributed by atoms with Crippen LogP contribution in [-0.4, -0.2) is 25.8 Å². The van der Waals surface area contributed by atoms with E-state index < -0.39 is 15.8 Å². The van der Waals surface area contributed by atoms with Gasteiger partial charge in [-0.2, -0.15) is 0 Å². The SMILES string of the molecule is NS(=O)(=O)CCCNCc1cc(F)ccc1O. The van der Waals surface area contributed by atoms with Crippen LogP contribution in [0.5, 0.6) is 5.75 Å². The van der Waals surface area contributed by atoms with Gasteiger partial charge < -0.3 is 10.4 Å². The molecule has 5 nitrogen and oxygen atoms in total. The summed E-state index contributed by atoms with van der Waals surface area (Å²) < 4.78 is 34.1. The molecule has 0 aliphatic rings. The van der Waals surface area contributed by atoms with Crippen molar-refractivity contribution in [3.8, 4) is 5.75 Å². The standard InChI is InChI=1S/C10H15FN2O3S/c11-9-2-3-10(14)8(6-9)7-13-4-1-5-17(12,15)16/h2-3,6,13-14H,1,4-5,7H2,(H2,12,15,16). The van der Waals surface area contributed by atoms with Gasteiger partial charge in [0.1, 0.15) is 11.6 Å². The molecule has 96 valence electrons. The maximum Gasteiger partial charge on any atom is 0.209 e. The van der Waals surface area contributed by atoms with Crippen molar-refractivity contribution in [2.45, 2.75) is 13.0 Å². The fourth-order valence-corrected chi connectivity index (χ4v) is 1.86. The highest BCUT2D eigenvalue weighted by Crippen LogP contribution is 2.17. The summed E-state index contributed by atoms with van der Waals surface area (Å²) in [6, 6.07) is 3.67. The van der Waals surface area contributed by atoms with Gasteiger partial charge in [0, 0.05) is 12.1 Å². The molecule has 1 aromatic rings. The van der Waals surface area contributed by atoms with E-state index in [9.17, 15) is 17.9 Å². The molecule has 0 aliphatic carbocycles. The van der Waals surface area contributed by atoms with E-state index in [4.69, 9.17) is 5.14 Å². The van der Waals surface area contributed by atoms with E-state index in [-0.39, 0.29) is 18.0 Å². The number of phenols is 1. The van der Waals surface area contributed by atoms with E-state index in [0.717, 1.165) is 0 Å². The van der Waals surface area contributed by atoms with Crippen molar-refractivity contribution in [3.63, 3.8) is 0 Å². The summed E-state index contributed by atoms with van der Waals surface area (Å²) in [5.41, 5.74) is 0.431. The van der Waals surface area contributed by atoms with E-state index in [2.05, 4.69) is 5.32 Å². The minimum Gasteiger partial charge on any atom is -0.508 e. The van der Waals surface area contributed by atoms with Gasteiger partial charge in [0.2, 0.25) is 10.0 Å². The average Bonchev–Trinajstić information content (AvgIpc) is 2.21. The fourth-order valence-electron chi connectivity index (χ4n) is 1.32. The first-order valence-electron chi connectivity index (χ1n) is 5.07. The van der Waals surface area contributed by atoms with Crippen LogP contribution in [-0.2, 0) is 16.6 Å². The van der Waals surface area contributed by atoms with Crippen molar-refractivity contribution in [2.75, 3.05) is 12.3 Å². The Balaban J connectivity index is 2.34. The topological polar surface area (TPSA) is 92.4 Å². The number of benzene rings is 1. The van der Waals surface area contributed by atoms with Crippen molar-refractivity contribution in [2.24, 2.45) is 5.14 Å². The molecular weight excluding hydrogens is 247 g/mol. The monoisotopic (exact) mass is 262 g/mol. The van der Waals surface area contributed by atoms with Gasteiger partial charge >= 0.3 is 0 Å². The lowest BCUT2D eigenvalue weighted by atomic mass is 10.2. The Kier molecular flexibility index (Phi) is 4.86. The van der Waals surface area contributed by atoms with Crippen LogP contribution in [0.4, 0.5) is 4.39 Å². The van der Waals surface area contributed by atoms with Gasteiger partial charge in [-0.3, -0.25) is 0 Å². The van der Waals surface area contributed by atoms with Crippen LogP contribution >= 0.6 is 0 Å². The molecule has 7 heteroatoms. The summed E-state index contributed by atoms with van der Waals surface area (Å²) in [6.07, 6.45) is 0.370. The number of hydrogen-bond donors (Lipinski definition) is 3. The maximum absolute atomic E-state index is 12.8. The highest BCUT2D eigenvalue weighted by atomic mass is 32.2. The lowest BCUT2D eigenvalue weighted by Gasteiger charge is -2.06. The van der Waals surface area contributed by atoms with Crippen molar-refractivity contribution in [1.82, 2.24) is 5.32 Å². The number of sulfonamides is 1. The van der Waals surface area contributed by atoms with Crippen LogP contribution in [0, 0.1) is 5.82 Å². The molecule has 0 bridgehead atoms. The first kappa shape index (κ1) is 13.9. The Labute approximate surface area is 99.5 Å². The molecule has 0 fully saturated rings. The van der Waals surface area contributed by atoms with Crippen LogP contribution in [0.15, 0.2) is 18.2 Å². The van der Waals surface area contributed by atoms with Crippen molar-refractivity contribution in [1.29, 1.82) is 0 Å². The van der Waals surface area contributed by atoms with Gasteiger partial charge in [-0.15, -0.1) is 0 Å². The van der Waals surface area contributed by atoms with Crippen LogP contribution < -0.4 is 10.5 Å². The van der Waals surface area contributed by atoms with Gasteiger partial charge in [0.15, 0.2) is 0 Å². The van der Waals surface area contributed by atoms with Gasteiger partial charge in [0.05, 0.1) is 5.75 Å². The molecule has 0 saturated heterocycles. The van der Waals surface area contributed by atoms with Gasteiger partial charge in [-0.05, 0) is 31.2 Å². The number of nitrogens with two attached hydrogens (primary N) is 1. The summed E-state index contributed by atoms with van der Waals surface area (Å²) in [6.45, 7) is 0.695.